The third kappa shape index (κ3) is 2.25. The van der Waals surface area contributed by atoms with Crippen LogP contribution in [0.4, 0.5) is 5.82 Å². The number of thiophene rings is 1. The van der Waals surface area contributed by atoms with Gasteiger partial charge in [0.25, 0.3) is 0 Å². The average molecular weight is 295 g/mol. The SMILES string of the molecule is c1csc(CCNc2ncnc3c2oc2ccccc23)c1. The van der Waals surface area contributed by atoms with Gasteiger partial charge in [-0.15, -0.1) is 11.3 Å². The van der Waals surface area contributed by atoms with Gasteiger partial charge in [0.2, 0.25) is 0 Å². The summed E-state index contributed by atoms with van der Waals surface area (Å²) in [6, 6.07) is 12.1. The van der Waals surface area contributed by atoms with Crippen molar-refractivity contribution in [3.8, 4) is 0 Å². The number of nitrogens with one attached hydrogen (secondary N) is 1. The topological polar surface area (TPSA) is 51.0 Å². The summed E-state index contributed by atoms with van der Waals surface area (Å²) < 4.78 is 5.89. The summed E-state index contributed by atoms with van der Waals surface area (Å²) >= 11 is 1.77. The van der Waals surface area contributed by atoms with Gasteiger partial charge in [0.1, 0.15) is 17.4 Å². The van der Waals surface area contributed by atoms with Crippen LogP contribution in [-0.4, -0.2) is 16.5 Å². The molecule has 0 radical (unpaired) electrons. The molecule has 1 aromatic carbocycles. The molecule has 3 heterocycles. The molecule has 4 aromatic rings. The van der Waals surface area contributed by atoms with Crippen molar-refractivity contribution in [2.24, 2.45) is 0 Å². The van der Waals surface area contributed by atoms with Crippen LogP contribution in [0, 0.1) is 0 Å². The van der Waals surface area contributed by atoms with Gasteiger partial charge in [0, 0.05) is 16.8 Å². The van der Waals surface area contributed by atoms with Gasteiger partial charge in [-0.2, -0.15) is 0 Å². The second kappa shape index (κ2) is 5.18. The van der Waals surface area contributed by atoms with Gasteiger partial charge in [0.15, 0.2) is 11.4 Å². The standard InChI is InChI=1S/C16H13N3OS/c1-2-6-13-12(5-1)14-15(20-13)16(19-10-18-14)17-8-7-11-4-3-9-21-11/h1-6,9-10H,7-8H2,(H,17,18,19). The maximum Gasteiger partial charge on any atom is 0.196 e. The molecule has 0 amide bonds. The number of nitrogens with zero attached hydrogens (tertiary/aromatic N) is 2. The van der Waals surface area contributed by atoms with E-state index in [1.54, 1.807) is 17.7 Å². The largest absolute Gasteiger partial charge is 0.450 e. The van der Waals surface area contributed by atoms with E-state index in [0.717, 1.165) is 40.9 Å². The Hall–Kier alpha value is -2.40. The molecule has 0 aliphatic carbocycles. The lowest BCUT2D eigenvalue weighted by molar-refractivity contribution is 0.666. The quantitative estimate of drug-likeness (QED) is 0.616. The highest BCUT2D eigenvalue weighted by Gasteiger charge is 2.12. The molecule has 0 saturated carbocycles. The molecule has 21 heavy (non-hydrogen) atoms. The Bertz CT molecular complexity index is 883. The molecule has 0 atom stereocenters. The van der Waals surface area contributed by atoms with Gasteiger partial charge < -0.3 is 9.73 Å². The Morgan fingerprint density at radius 2 is 2.05 bits per heavy atom. The predicted octanol–water partition coefficient (Wildman–Crippen LogP) is 4.09. The molecule has 3 aromatic heterocycles. The number of fused-ring (bicyclic) bond motifs is 3. The third-order valence-corrected chi connectivity index (χ3v) is 4.34. The first-order chi connectivity index (χ1) is 10.4. The number of aromatic nitrogens is 2. The van der Waals surface area contributed by atoms with Crippen molar-refractivity contribution < 1.29 is 4.42 Å². The van der Waals surface area contributed by atoms with E-state index in [-0.39, 0.29) is 0 Å². The minimum atomic E-state index is 0.727. The van der Waals surface area contributed by atoms with Crippen LogP contribution in [0.5, 0.6) is 0 Å². The molecule has 0 aliphatic rings. The molecule has 5 heteroatoms. The van der Waals surface area contributed by atoms with Crippen molar-refractivity contribution in [3.63, 3.8) is 0 Å². The number of hydrogen-bond donors (Lipinski definition) is 1. The fourth-order valence-electron chi connectivity index (χ4n) is 2.41. The predicted molar refractivity (Wildman–Crippen MR) is 85.8 cm³/mol. The third-order valence-electron chi connectivity index (χ3n) is 3.40. The minimum absolute atomic E-state index is 0.727. The molecular formula is C16H13N3OS. The first kappa shape index (κ1) is 12.3. The highest BCUT2D eigenvalue weighted by molar-refractivity contribution is 7.09. The Balaban J connectivity index is 1.65. The summed E-state index contributed by atoms with van der Waals surface area (Å²) in [5.41, 5.74) is 2.43. The van der Waals surface area contributed by atoms with E-state index in [1.807, 2.05) is 24.3 Å². The number of furan rings is 1. The van der Waals surface area contributed by atoms with E-state index >= 15 is 0 Å². The highest BCUT2D eigenvalue weighted by Crippen LogP contribution is 2.30. The molecule has 1 N–H and O–H groups in total. The monoisotopic (exact) mass is 295 g/mol. The van der Waals surface area contributed by atoms with Gasteiger partial charge in [-0.25, -0.2) is 9.97 Å². The molecular weight excluding hydrogens is 282 g/mol. The lowest BCUT2D eigenvalue weighted by atomic mass is 10.2. The van der Waals surface area contributed by atoms with Crippen LogP contribution in [0.3, 0.4) is 0 Å². The number of rotatable bonds is 4. The van der Waals surface area contributed by atoms with E-state index in [4.69, 9.17) is 4.42 Å². The van der Waals surface area contributed by atoms with E-state index in [9.17, 15) is 0 Å². The molecule has 0 bridgehead atoms. The van der Waals surface area contributed by atoms with Crippen molar-refractivity contribution in [1.82, 2.24) is 9.97 Å². The number of benzene rings is 1. The lowest BCUT2D eigenvalue weighted by Crippen LogP contribution is -2.05. The molecule has 0 spiro atoms. The summed E-state index contributed by atoms with van der Waals surface area (Å²) in [6.07, 6.45) is 2.56. The van der Waals surface area contributed by atoms with Gasteiger partial charge >= 0.3 is 0 Å². The van der Waals surface area contributed by atoms with E-state index < -0.39 is 0 Å². The first-order valence-electron chi connectivity index (χ1n) is 6.80. The molecule has 4 nitrogen and oxygen atoms in total. The van der Waals surface area contributed by atoms with E-state index in [0.29, 0.717) is 0 Å². The Kier molecular flexibility index (Phi) is 3.05. The van der Waals surface area contributed by atoms with Crippen LogP contribution < -0.4 is 5.32 Å². The normalized spacial score (nSPS) is 11.2. The number of hydrogen-bond acceptors (Lipinski definition) is 5. The summed E-state index contributed by atoms with van der Waals surface area (Å²) in [6.45, 7) is 0.823. The first-order valence-corrected chi connectivity index (χ1v) is 7.68. The fourth-order valence-corrected chi connectivity index (χ4v) is 3.12. The Morgan fingerprint density at radius 3 is 2.95 bits per heavy atom. The van der Waals surface area contributed by atoms with Crippen molar-refractivity contribution >= 4 is 39.2 Å². The fraction of sp³-hybridized carbons (Fsp3) is 0.125. The van der Waals surface area contributed by atoms with Crippen LogP contribution in [0.25, 0.3) is 22.1 Å². The van der Waals surface area contributed by atoms with Crippen LogP contribution in [0.15, 0.2) is 52.5 Å². The summed E-state index contributed by atoms with van der Waals surface area (Å²) in [7, 11) is 0. The molecule has 0 saturated heterocycles. The molecule has 0 fully saturated rings. The van der Waals surface area contributed by atoms with Gasteiger partial charge in [-0.1, -0.05) is 18.2 Å². The van der Waals surface area contributed by atoms with Crippen LogP contribution >= 0.6 is 11.3 Å². The second-order valence-corrected chi connectivity index (χ2v) is 5.79. The zero-order valence-electron chi connectivity index (χ0n) is 11.2. The zero-order valence-corrected chi connectivity index (χ0v) is 12.1. The van der Waals surface area contributed by atoms with Gasteiger partial charge in [0.05, 0.1) is 0 Å². The average Bonchev–Trinajstić information content (AvgIpc) is 3.15. The number of anilines is 1. The van der Waals surface area contributed by atoms with Crippen molar-refractivity contribution in [3.05, 3.63) is 53.0 Å². The Labute approximate surface area is 125 Å². The van der Waals surface area contributed by atoms with Gasteiger partial charge in [-0.3, -0.25) is 0 Å². The van der Waals surface area contributed by atoms with Crippen LogP contribution in [0.2, 0.25) is 0 Å². The highest BCUT2D eigenvalue weighted by atomic mass is 32.1. The second-order valence-electron chi connectivity index (χ2n) is 4.75. The van der Waals surface area contributed by atoms with E-state index in [1.165, 1.54) is 4.88 Å². The minimum Gasteiger partial charge on any atom is -0.450 e. The van der Waals surface area contributed by atoms with Crippen molar-refractivity contribution in [2.45, 2.75) is 6.42 Å². The smallest absolute Gasteiger partial charge is 0.196 e. The maximum absolute atomic E-state index is 5.89. The van der Waals surface area contributed by atoms with Crippen molar-refractivity contribution in [1.29, 1.82) is 0 Å². The molecule has 104 valence electrons. The van der Waals surface area contributed by atoms with Crippen LogP contribution in [-0.2, 0) is 6.42 Å². The molecule has 0 unspecified atom stereocenters. The number of para-hydroxylation sites is 1. The van der Waals surface area contributed by atoms with Gasteiger partial charge in [-0.05, 0) is 30.0 Å². The summed E-state index contributed by atoms with van der Waals surface area (Å²) in [5, 5.41) is 6.47. The van der Waals surface area contributed by atoms with E-state index in [2.05, 4.69) is 32.8 Å². The summed E-state index contributed by atoms with van der Waals surface area (Å²) in [4.78, 5) is 10.0. The lowest BCUT2D eigenvalue weighted by Gasteiger charge is -2.04. The Morgan fingerprint density at radius 1 is 1.10 bits per heavy atom. The maximum atomic E-state index is 5.89. The van der Waals surface area contributed by atoms with Crippen LogP contribution in [0.1, 0.15) is 4.88 Å². The summed E-state index contributed by atoms with van der Waals surface area (Å²) in [5.74, 6) is 0.757. The molecule has 0 aliphatic heterocycles. The zero-order chi connectivity index (χ0) is 14.1. The van der Waals surface area contributed by atoms with Crippen molar-refractivity contribution in [2.75, 3.05) is 11.9 Å². The molecule has 4 rings (SSSR count).